The van der Waals surface area contributed by atoms with Crippen LogP contribution in [-0.4, -0.2) is 63.6 Å². The lowest BCUT2D eigenvalue weighted by molar-refractivity contribution is -0.124. The Balaban J connectivity index is 1.68. The van der Waals surface area contributed by atoms with Gasteiger partial charge in [-0.3, -0.25) is 19.3 Å². The van der Waals surface area contributed by atoms with E-state index in [0.717, 1.165) is 11.6 Å². The molecule has 4 rings (SSSR count). The minimum atomic E-state index is -1.32. The maximum Gasteiger partial charge on any atom is 0.257 e. The van der Waals surface area contributed by atoms with Gasteiger partial charge in [-0.25, -0.2) is 0 Å². The van der Waals surface area contributed by atoms with Gasteiger partial charge in [-0.05, 0) is 17.7 Å². The molecule has 2 aromatic carbocycles. The molecule has 0 unspecified atom stereocenters. The van der Waals surface area contributed by atoms with Crippen LogP contribution in [0.4, 0.5) is 5.69 Å². The van der Waals surface area contributed by atoms with E-state index in [0.29, 0.717) is 30.4 Å². The normalized spacial score (nSPS) is 17.8. The molecule has 0 N–H and O–H groups in total. The number of rotatable bonds is 9. The largest absolute Gasteiger partial charge is 0.493 e. The van der Waals surface area contributed by atoms with Crippen LogP contribution in [0, 0.1) is 0 Å². The number of ether oxygens (including phenoxy) is 3. The van der Waals surface area contributed by atoms with E-state index in [1.54, 1.807) is 12.1 Å². The first-order valence-corrected chi connectivity index (χ1v) is 15.5. The van der Waals surface area contributed by atoms with E-state index in [1.165, 1.54) is 16.9 Å². The number of carbonyl (C=O) groups excluding carboxylic acids is 3. The molecule has 0 radical (unpaired) electrons. The minimum Gasteiger partial charge on any atom is -0.493 e. The molecule has 2 heterocycles. The number of amides is 2. The first kappa shape index (κ1) is 24.9. The number of fused-ring (bicyclic) bond motifs is 2. The number of carbonyl (C=O) groups is 3. The Labute approximate surface area is 206 Å². The number of methoxy groups -OCH3 is 1. The van der Waals surface area contributed by atoms with Gasteiger partial charge in [-0.1, -0.05) is 50.0 Å². The zero-order valence-corrected chi connectivity index (χ0v) is 21.7. The first-order valence-electron chi connectivity index (χ1n) is 11.8. The molecule has 0 spiro atoms. The van der Waals surface area contributed by atoms with Crippen molar-refractivity contribution in [3.05, 3.63) is 53.6 Å². The third kappa shape index (κ3) is 5.57. The molecule has 1 saturated heterocycles. The van der Waals surface area contributed by atoms with Crippen LogP contribution in [0.3, 0.4) is 0 Å². The number of hydrogen-bond donors (Lipinski definition) is 0. The van der Waals surface area contributed by atoms with Gasteiger partial charge in [0.05, 0.1) is 24.9 Å². The summed E-state index contributed by atoms with van der Waals surface area (Å²) in [5.41, 5.74) is 1.66. The van der Waals surface area contributed by atoms with Crippen molar-refractivity contribution in [3.63, 3.8) is 0 Å². The Morgan fingerprint density at radius 2 is 1.77 bits per heavy atom. The van der Waals surface area contributed by atoms with Crippen molar-refractivity contribution in [1.82, 2.24) is 4.90 Å². The fraction of sp³-hybridized carbons (Fsp3) is 0.423. The monoisotopic (exact) mass is 496 g/mol. The molecule has 9 heteroatoms. The molecule has 2 amide bonds. The molecular weight excluding hydrogens is 464 g/mol. The molecule has 1 atom stereocenters. The second-order valence-corrected chi connectivity index (χ2v) is 15.7. The zero-order chi connectivity index (χ0) is 25.2. The summed E-state index contributed by atoms with van der Waals surface area (Å²) in [6.45, 7) is 7.50. The fourth-order valence-corrected chi connectivity index (χ4v) is 4.95. The molecule has 8 nitrogen and oxygen atoms in total. The maximum absolute atomic E-state index is 13.6. The van der Waals surface area contributed by atoms with Crippen LogP contribution in [0.5, 0.6) is 11.5 Å². The quantitative estimate of drug-likeness (QED) is 0.389. The zero-order valence-electron chi connectivity index (χ0n) is 20.7. The molecule has 1 fully saturated rings. The van der Waals surface area contributed by atoms with E-state index in [4.69, 9.17) is 14.2 Å². The van der Waals surface area contributed by atoms with Crippen LogP contribution < -0.4 is 14.4 Å². The van der Waals surface area contributed by atoms with Crippen LogP contribution in [0.1, 0.15) is 22.3 Å². The predicted molar refractivity (Wildman–Crippen MR) is 135 cm³/mol. The fourth-order valence-electron chi connectivity index (χ4n) is 4.20. The lowest BCUT2D eigenvalue weighted by atomic mass is 10.1. The molecule has 186 valence electrons. The number of anilines is 1. The smallest absolute Gasteiger partial charge is 0.257 e. The van der Waals surface area contributed by atoms with Gasteiger partial charge in [-0.2, -0.15) is 0 Å². The number of nitrogens with zero attached hydrogens (tertiary/aromatic N) is 2. The van der Waals surface area contributed by atoms with Crippen molar-refractivity contribution in [2.75, 3.05) is 31.9 Å². The molecule has 2 aromatic rings. The average molecular weight is 497 g/mol. The standard InChI is InChI=1S/C26H32N2O6Si/c1-32-23-13-20-21(14-24(23)34-16-18-8-6-5-7-9-18)28(17-33-10-11-35(2,3)4)26(31)22-12-19(29)15-27(22)25(20)30/h5-9,13-14,22H,10-12,15-17H2,1-4H3/t22-/m0/s1. The predicted octanol–water partition coefficient (Wildman–Crippen LogP) is 3.72. The number of benzene rings is 2. The van der Waals surface area contributed by atoms with Gasteiger partial charge < -0.3 is 19.1 Å². The molecular formula is C26H32N2O6Si. The summed E-state index contributed by atoms with van der Waals surface area (Å²) in [6.07, 6.45) is 0.0124. The van der Waals surface area contributed by atoms with Gasteiger partial charge in [-0.15, -0.1) is 0 Å². The first-order chi connectivity index (χ1) is 16.7. The number of Topliss-reactive ketones (excluding diaryl/α,β-unsaturated/α-hetero) is 1. The Bertz CT molecular complexity index is 1110. The summed E-state index contributed by atoms with van der Waals surface area (Å²) in [4.78, 5) is 42.0. The van der Waals surface area contributed by atoms with Crippen LogP contribution in [0.25, 0.3) is 0 Å². The lowest BCUT2D eigenvalue weighted by Gasteiger charge is -2.26. The highest BCUT2D eigenvalue weighted by molar-refractivity contribution is 6.76. The Hall–Kier alpha value is -3.17. The molecule has 2 aliphatic heterocycles. The second kappa shape index (κ2) is 10.2. The summed E-state index contributed by atoms with van der Waals surface area (Å²) < 4.78 is 17.5. The Kier molecular flexibility index (Phi) is 7.27. The maximum atomic E-state index is 13.6. The minimum absolute atomic E-state index is 0.00736. The SMILES string of the molecule is COc1cc2c(cc1OCc1ccccc1)N(COCC[Si](C)(C)C)C(=O)[C@@H]1CC(=O)CN1C2=O. The molecule has 35 heavy (non-hydrogen) atoms. The number of ketones is 1. The van der Waals surface area contributed by atoms with E-state index >= 15 is 0 Å². The highest BCUT2D eigenvalue weighted by atomic mass is 28.3. The Morgan fingerprint density at radius 3 is 2.46 bits per heavy atom. The molecule has 0 aromatic heterocycles. The lowest BCUT2D eigenvalue weighted by Crippen LogP contribution is -2.45. The van der Waals surface area contributed by atoms with E-state index in [2.05, 4.69) is 19.6 Å². The summed E-state index contributed by atoms with van der Waals surface area (Å²) >= 11 is 0. The van der Waals surface area contributed by atoms with Crippen molar-refractivity contribution in [3.8, 4) is 11.5 Å². The van der Waals surface area contributed by atoms with Crippen molar-refractivity contribution >= 4 is 31.4 Å². The van der Waals surface area contributed by atoms with Gasteiger partial charge in [0, 0.05) is 27.2 Å². The second-order valence-electron chi connectivity index (χ2n) is 10.1. The van der Waals surface area contributed by atoms with Crippen molar-refractivity contribution in [2.45, 2.75) is 44.8 Å². The average Bonchev–Trinajstić information content (AvgIpc) is 3.20. The molecule has 0 bridgehead atoms. The third-order valence-electron chi connectivity index (χ3n) is 6.21. The van der Waals surface area contributed by atoms with Crippen molar-refractivity contribution in [1.29, 1.82) is 0 Å². The topological polar surface area (TPSA) is 85.4 Å². The highest BCUT2D eigenvalue weighted by Gasteiger charge is 2.45. The van der Waals surface area contributed by atoms with E-state index in [1.807, 2.05) is 30.3 Å². The molecule has 0 saturated carbocycles. The molecule has 0 aliphatic carbocycles. The highest BCUT2D eigenvalue weighted by Crippen LogP contribution is 2.40. The van der Waals surface area contributed by atoms with Gasteiger partial charge in [0.25, 0.3) is 11.8 Å². The van der Waals surface area contributed by atoms with Gasteiger partial charge in [0.15, 0.2) is 17.3 Å². The molecule has 2 aliphatic rings. The Morgan fingerprint density at radius 1 is 1.03 bits per heavy atom. The van der Waals surface area contributed by atoms with Crippen molar-refractivity contribution < 1.29 is 28.6 Å². The van der Waals surface area contributed by atoms with Crippen LogP contribution in [0.15, 0.2) is 42.5 Å². The summed E-state index contributed by atoms with van der Waals surface area (Å²) in [5.74, 6) is -0.0311. The number of hydrogen-bond acceptors (Lipinski definition) is 6. The van der Waals surface area contributed by atoms with Crippen LogP contribution >= 0.6 is 0 Å². The van der Waals surface area contributed by atoms with Gasteiger partial charge >= 0.3 is 0 Å². The van der Waals surface area contributed by atoms with Gasteiger partial charge in [0.1, 0.15) is 19.4 Å². The summed E-state index contributed by atoms with van der Waals surface area (Å²) in [6, 6.07) is 13.1. The summed E-state index contributed by atoms with van der Waals surface area (Å²) in [5, 5.41) is 0. The third-order valence-corrected chi connectivity index (χ3v) is 7.92. The van der Waals surface area contributed by atoms with E-state index in [9.17, 15) is 14.4 Å². The van der Waals surface area contributed by atoms with Crippen LogP contribution in [0.2, 0.25) is 25.7 Å². The van der Waals surface area contributed by atoms with Crippen LogP contribution in [-0.2, 0) is 20.9 Å². The van der Waals surface area contributed by atoms with Gasteiger partial charge in [0.2, 0.25) is 0 Å². The summed E-state index contributed by atoms with van der Waals surface area (Å²) in [7, 11) is 0.182. The van der Waals surface area contributed by atoms with E-state index in [-0.39, 0.29) is 42.9 Å². The van der Waals surface area contributed by atoms with E-state index < -0.39 is 14.1 Å². The van der Waals surface area contributed by atoms with Crippen molar-refractivity contribution in [2.24, 2.45) is 0 Å².